The summed E-state index contributed by atoms with van der Waals surface area (Å²) in [7, 11) is 0. The van der Waals surface area contributed by atoms with Crippen molar-refractivity contribution >= 4 is 29.3 Å². The van der Waals surface area contributed by atoms with Crippen LogP contribution in [-0.2, 0) is 9.53 Å². The van der Waals surface area contributed by atoms with Crippen molar-refractivity contribution in [1.29, 1.82) is 0 Å². The van der Waals surface area contributed by atoms with E-state index >= 15 is 0 Å². The van der Waals surface area contributed by atoms with Gasteiger partial charge in [0.1, 0.15) is 11.7 Å². The fraction of sp³-hybridized carbons (Fsp3) is 0.611. The lowest BCUT2D eigenvalue weighted by molar-refractivity contribution is -0.245. The zero-order valence-electron chi connectivity index (χ0n) is 14.3. The summed E-state index contributed by atoms with van der Waals surface area (Å²) < 4.78 is 5.86. The largest absolute Gasteiger partial charge is 0.387 e. The minimum Gasteiger partial charge on any atom is -0.387 e. The van der Waals surface area contributed by atoms with E-state index in [1.807, 2.05) is 29.2 Å². The third-order valence-electron chi connectivity index (χ3n) is 5.22. The van der Waals surface area contributed by atoms with Crippen LogP contribution < -0.4 is 0 Å². The van der Waals surface area contributed by atoms with Crippen molar-refractivity contribution in [2.24, 2.45) is 0 Å². The zero-order valence-corrected chi connectivity index (χ0v) is 15.9. The lowest BCUT2D eigenvalue weighted by Crippen LogP contribution is -2.64. The van der Waals surface area contributed by atoms with E-state index in [9.17, 15) is 15.0 Å². The number of aliphatic hydroxyl groups is 2. The van der Waals surface area contributed by atoms with E-state index in [1.165, 1.54) is 11.8 Å². The van der Waals surface area contributed by atoms with Crippen LogP contribution in [0.15, 0.2) is 29.2 Å². The van der Waals surface area contributed by atoms with Crippen LogP contribution in [0.5, 0.6) is 0 Å². The summed E-state index contributed by atoms with van der Waals surface area (Å²) in [6.07, 6.45) is 0.592. The average Bonchev–Trinajstić information content (AvgIpc) is 2.59. The molecule has 0 aromatic heterocycles. The van der Waals surface area contributed by atoms with E-state index < -0.39 is 17.3 Å². The van der Waals surface area contributed by atoms with E-state index in [-0.39, 0.29) is 5.91 Å². The summed E-state index contributed by atoms with van der Waals surface area (Å²) in [6, 6.07) is 7.43. The van der Waals surface area contributed by atoms with Crippen molar-refractivity contribution in [1.82, 2.24) is 4.90 Å². The molecule has 1 spiro atoms. The van der Waals surface area contributed by atoms with Crippen LogP contribution in [0.3, 0.4) is 0 Å². The van der Waals surface area contributed by atoms with Gasteiger partial charge in [-0.1, -0.05) is 11.6 Å². The second kappa shape index (κ2) is 7.45. The van der Waals surface area contributed by atoms with Gasteiger partial charge in [0.25, 0.3) is 0 Å². The molecule has 1 amide bonds. The number of nitrogens with zero attached hydrogens (tertiary/aromatic N) is 1. The van der Waals surface area contributed by atoms with E-state index in [2.05, 4.69) is 0 Å². The average molecular weight is 386 g/mol. The fourth-order valence-electron chi connectivity index (χ4n) is 3.56. The molecule has 0 bridgehead atoms. The van der Waals surface area contributed by atoms with Gasteiger partial charge < -0.3 is 19.8 Å². The number of piperidine rings is 1. The number of likely N-dealkylation sites (tertiary alicyclic amines) is 1. The highest BCUT2D eigenvalue weighted by atomic mass is 35.5. The van der Waals surface area contributed by atoms with Crippen molar-refractivity contribution in [2.45, 2.75) is 48.4 Å². The molecule has 0 radical (unpaired) electrons. The molecule has 2 aliphatic heterocycles. The molecule has 3 rings (SSSR count). The van der Waals surface area contributed by atoms with Gasteiger partial charge in [0, 0.05) is 29.4 Å². The molecule has 2 aliphatic rings. The van der Waals surface area contributed by atoms with Gasteiger partial charge in [-0.25, -0.2) is 0 Å². The predicted molar refractivity (Wildman–Crippen MR) is 97.9 cm³/mol. The Kier molecular flexibility index (Phi) is 5.66. The molecule has 2 heterocycles. The Morgan fingerprint density at radius 3 is 2.60 bits per heavy atom. The van der Waals surface area contributed by atoms with Gasteiger partial charge in [0.15, 0.2) is 0 Å². The first-order valence-electron chi connectivity index (χ1n) is 8.53. The Labute approximate surface area is 157 Å². The van der Waals surface area contributed by atoms with Crippen LogP contribution in [0, 0.1) is 0 Å². The molecular formula is C18H24ClNO4S. The highest BCUT2D eigenvalue weighted by Gasteiger charge is 2.52. The molecule has 2 fully saturated rings. The Balaban J connectivity index is 1.53. The standard InChI is InChI=1S/C18H24ClNO4S/c1-17(23)8-11-24-18(16(17)22)6-9-20(10-7-18)15(21)12-25-14-4-2-13(19)3-5-14/h2-5,16,22-23H,6-12H2,1H3/t16-,17+/m0/s1. The Bertz CT molecular complexity index is 614. The number of hydrogen-bond donors (Lipinski definition) is 2. The van der Waals surface area contributed by atoms with E-state index in [4.69, 9.17) is 16.3 Å². The number of hydrogen-bond acceptors (Lipinski definition) is 5. The van der Waals surface area contributed by atoms with Gasteiger partial charge in [0.05, 0.1) is 18.0 Å². The molecule has 2 N–H and O–H groups in total. The van der Waals surface area contributed by atoms with Gasteiger partial charge in [0.2, 0.25) is 5.91 Å². The molecule has 0 unspecified atom stereocenters. The minimum atomic E-state index is -1.13. The summed E-state index contributed by atoms with van der Waals surface area (Å²) in [5.41, 5.74) is -1.86. The molecule has 5 nitrogen and oxygen atoms in total. The van der Waals surface area contributed by atoms with E-state index in [0.717, 1.165) is 4.90 Å². The SMILES string of the molecule is C[C@@]1(O)CCOC2(CCN(C(=O)CSc3ccc(Cl)cc3)CC2)[C@H]1O. The van der Waals surface area contributed by atoms with E-state index in [0.29, 0.717) is 49.7 Å². The van der Waals surface area contributed by atoms with Gasteiger partial charge in [-0.2, -0.15) is 0 Å². The number of amides is 1. The second-order valence-electron chi connectivity index (χ2n) is 7.05. The smallest absolute Gasteiger partial charge is 0.232 e. The molecule has 2 atom stereocenters. The summed E-state index contributed by atoms with van der Waals surface area (Å²) in [5.74, 6) is 0.447. The topological polar surface area (TPSA) is 70.0 Å². The van der Waals surface area contributed by atoms with Crippen molar-refractivity contribution in [2.75, 3.05) is 25.4 Å². The summed E-state index contributed by atoms with van der Waals surface area (Å²) in [4.78, 5) is 15.3. The molecule has 1 aromatic carbocycles. The Morgan fingerprint density at radius 1 is 1.32 bits per heavy atom. The highest BCUT2D eigenvalue weighted by molar-refractivity contribution is 8.00. The number of carbonyl (C=O) groups is 1. The van der Waals surface area contributed by atoms with Gasteiger partial charge >= 0.3 is 0 Å². The van der Waals surface area contributed by atoms with Crippen LogP contribution in [0.1, 0.15) is 26.2 Å². The first-order valence-corrected chi connectivity index (χ1v) is 9.89. The Morgan fingerprint density at radius 2 is 1.96 bits per heavy atom. The number of thioether (sulfide) groups is 1. The predicted octanol–water partition coefficient (Wildman–Crippen LogP) is 2.33. The number of halogens is 1. The minimum absolute atomic E-state index is 0.0758. The van der Waals surface area contributed by atoms with Gasteiger partial charge in [-0.05, 0) is 44.0 Å². The summed E-state index contributed by atoms with van der Waals surface area (Å²) in [5, 5.41) is 21.5. The van der Waals surface area contributed by atoms with Crippen molar-refractivity contribution in [3.63, 3.8) is 0 Å². The molecule has 0 aliphatic carbocycles. The van der Waals surface area contributed by atoms with E-state index in [1.54, 1.807) is 6.92 Å². The summed E-state index contributed by atoms with van der Waals surface area (Å²) >= 11 is 7.35. The molecule has 25 heavy (non-hydrogen) atoms. The molecule has 1 aromatic rings. The molecular weight excluding hydrogens is 362 g/mol. The third-order valence-corrected chi connectivity index (χ3v) is 6.47. The number of benzene rings is 1. The number of rotatable bonds is 3. The summed E-state index contributed by atoms with van der Waals surface area (Å²) in [6.45, 7) is 3.16. The maximum absolute atomic E-state index is 12.4. The van der Waals surface area contributed by atoms with Crippen molar-refractivity contribution in [3.8, 4) is 0 Å². The monoisotopic (exact) mass is 385 g/mol. The maximum Gasteiger partial charge on any atom is 0.232 e. The molecule has 7 heteroatoms. The van der Waals surface area contributed by atoms with Crippen molar-refractivity contribution in [3.05, 3.63) is 29.3 Å². The lowest BCUT2D eigenvalue weighted by Gasteiger charge is -2.51. The van der Waals surface area contributed by atoms with Crippen molar-refractivity contribution < 1.29 is 19.7 Å². The number of ether oxygens (including phenoxy) is 1. The maximum atomic E-state index is 12.4. The van der Waals surface area contributed by atoms with Crippen LogP contribution in [0.25, 0.3) is 0 Å². The molecule has 2 saturated heterocycles. The first kappa shape index (κ1) is 19.0. The second-order valence-corrected chi connectivity index (χ2v) is 8.53. The highest BCUT2D eigenvalue weighted by Crippen LogP contribution is 2.39. The normalized spacial score (nSPS) is 29.0. The molecule has 0 saturated carbocycles. The number of carbonyl (C=O) groups excluding carboxylic acids is 1. The lowest BCUT2D eigenvalue weighted by atomic mass is 9.75. The van der Waals surface area contributed by atoms with Crippen LogP contribution in [0.2, 0.25) is 5.02 Å². The van der Waals surface area contributed by atoms with Crippen LogP contribution >= 0.6 is 23.4 Å². The first-order chi connectivity index (χ1) is 11.8. The van der Waals surface area contributed by atoms with Crippen LogP contribution in [0.4, 0.5) is 0 Å². The van der Waals surface area contributed by atoms with Crippen LogP contribution in [-0.4, -0.2) is 63.8 Å². The van der Waals surface area contributed by atoms with Gasteiger partial charge in [-0.15, -0.1) is 11.8 Å². The molecule has 138 valence electrons. The Hall–Kier alpha value is -0.790. The third kappa shape index (κ3) is 4.14. The zero-order chi connectivity index (χ0) is 18.1. The fourth-order valence-corrected chi connectivity index (χ4v) is 4.49. The quantitative estimate of drug-likeness (QED) is 0.781. The number of aliphatic hydroxyl groups excluding tert-OH is 1. The van der Waals surface area contributed by atoms with Gasteiger partial charge in [-0.3, -0.25) is 4.79 Å².